The van der Waals surface area contributed by atoms with E-state index >= 15 is 0 Å². The Morgan fingerprint density at radius 1 is 1.03 bits per heavy atom. The van der Waals surface area contributed by atoms with Crippen molar-refractivity contribution in [2.24, 2.45) is 0 Å². The van der Waals surface area contributed by atoms with E-state index in [1.807, 2.05) is 30.3 Å². The number of nitrogens with one attached hydrogen (secondary N) is 1. The molecule has 0 unspecified atom stereocenters. The van der Waals surface area contributed by atoms with E-state index in [1.54, 1.807) is 36.5 Å². The molecular formula is C24H20N2O5S. The monoisotopic (exact) mass is 448 g/mol. The molecule has 0 aliphatic rings. The second kappa shape index (κ2) is 9.59. The highest BCUT2D eigenvalue weighted by Crippen LogP contribution is 2.17. The number of ether oxygens (including phenoxy) is 1. The fourth-order valence-electron chi connectivity index (χ4n) is 3.07. The Hall–Kier alpha value is -3.75. The summed E-state index contributed by atoms with van der Waals surface area (Å²) in [5, 5.41) is 0.977. The molecule has 162 valence electrons. The van der Waals surface area contributed by atoms with Crippen LogP contribution in [-0.2, 0) is 32.7 Å². The smallest absolute Gasteiger partial charge is 0.331 e. The second-order valence-electron chi connectivity index (χ2n) is 6.91. The van der Waals surface area contributed by atoms with E-state index in [0.29, 0.717) is 11.3 Å². The first-order chi connectivity index (χ1) is 15.5. The zero-order chi connectivity index (χ0) is 22.4. The number of fused-ring (bicyclic) bond motifs is 1. The summed E-state index contributed by atoms with van der Waals surface area (Å²) in [7, 11) is -3.67. The summed E-state index contributed by atoms with van der Waals surface area (Å²) >= 11 is 0. The number of para-hydroxylation sites is 1. The number of furan rings is 1. The van der Waals surface area contributed by atoms with E-state index in [4.69, 9.17) is 9.15 Å². The highest BCUT2D eigenvalue weighted by molar-refractivity contribution is 7.89. The minimum Gasteiger partial charge on any atom is -0.468 e. The van der Waals surface area contributed by atoms with Crippen molar-refractivity contribution in [2.45, 2.75) is 18.0 Å². The van der Waals surface area contributed by atoms with Crippen LogP contribution in [0.1, 0.15) is 16.9 Å². The lowest BCUT2D eigenvalue weighted by Crippen LogP contribution is -2.22. The summed E-state index contributed by atoms with van der Waals surface area (Å²) in [4.78, 5) is 16.6. The molecule has 0 radical (unpaired) electrons. The Labute approximate surface area is 185 Å². The van der Waals surface area contributed by atoms with Crippen LogP contribution in [0.2, 0.25) is 0 Å². The first-order valence-electron chi connectivity index (χ1n) is 9.81. The third kappa shape index (κ3) is 5.29. The quantitative estimate of drug-likeness (QED) is 0.322. The molecule has 0 aliphatic heterocycles. The van der Waals surface area contributed by atoms with Gasteiger partial charge in [0.1, 0.15) is 12.4 Å². The molecule has 7 nitrogen and oxygen atoms in total. The number of pyridine rings is 1. The van der Waals surface area contributed by atoms with Gasteiger partial charge < -0.3 is 9.15 Å². The number of nitrogens with zero attached hydrogens (tertiary/aromatic N) is 1. The summed E-state index contributed by atoms with van der Waals surface area (Å²) in [6, 6.07) is 19.0. The Morgan fingerprint density at radius 2 is 1.84 bits per heavy atom. The molecule has 2 heterocycles. The third-order valence-corrected chi connectivity index (χ3v) is 6.12. The van der Waals surface area contributed by atoms with E-state index in [-0.39, 0.29) is 18.0 Å². The molecular weight excluding hydrogens is 428 g/mol. The number of rotatable bonds is 8. The van der Waals surface area contributed by atoms with E-state index in [9.17, 15) is 13.2 Å². The van der Waals surface area contributed by atoms with Gasteiger partial charge >= 0.3 is 5.97 Å². The normalized spacial score (nSPS) is 11.8. The number of hydrogen-bond acceptors (Lipinski definition) is 6. The van der Waals surface area contributed by atoms with Gasteiger partial charge in [0, 0.05) is 23.2 Å². The van der Waals surface area contributed by atoms with Crippen LogP contribution in [0, 0.1) is 0 Å². The SMILES string of the molecule is O=C(/C=C/c1ccc(S(=O)(=O)NCc2ccco2)cc1)OCc1cccc2cccnc12. The first kappa shape index (κ1) is 21.5. The van der Waals surface area contributed by atoms with Crippen molar-refractivity contribution < 1.29 is 22.4 Å². The number of sulfonamides is 1. The van der Waals surface area contributed by atoms with Crippen molar-refractivity contribution in [2.75, 3.05) is 0 Å². The van der Waals surface area contributed by atoms with Crippen LogP contribution < -0.4 is 4.72 Å². The number of benzene rings is 2. The number of hydrogen-bond donors (Lipinski definition) is 1. The fourth-order valence-corrected chi connectivity index (χ4v) is 4.06. The average molecular weight is 449 g/mol. The molecule has 0 spiro atoms. The van der Waals surface area contributed by atoms with Crippen LogP contribution in [0.4, 0.5) is 0 Å². The average Bonchev–Trinajstić information content (AvgIpc) is 3.34. The molecule has 0 bridgehead atoms. The predicted octanol–water partition coefficient (Wildman–Crippen LogP) is 4.06. The number of aromatic nitrogens is 1. The van der Waals surface area contributed by atoms with Crippen LogP contribution in [0.5, 0.6) is 0 Å². The summed E-state index contributed by atoms with van der Waals surface area (Å²) in [6.07, 6.45) is 6.05. The van der Waals surface area contributed by atoms with Gasteiger partial charge in [0.2, 0.25) is 10.0 Å². The second-order valence-corrected chi connectivity index (χ2v) is 8.67. The van der Waals surface area contributed by atoms with Gasteiger partial charge in [-0.15, -0.1) is 0 Å². The van der Waals surface area contributed by atoms with Gasteiger partial charge in [-0.25, -0.2) is 17.9 Å². The molecule has 4 aromatic rings. The Morgan fingerprint density at radius 3 is 2.62 bits per heavy atom. The molecule has 0 saturated heterocycles. The van der Waals surface area contributed by atoms with E-state index in [1.165, 1.54) is 24.5 Å². The Balaban J connectivity index is 1.34. The number of carbonyl (C=O) groups excluding carboxylic acids is 1. The van der Waals surface area contributed by atoms with Crippen molar-refractivity contribution in [1.29, 1.82) is 0 Å². The van der Waals surface area contributed by atoms with Crippen molar-refractivity contribution in [1.82, 2.24) is 9.71 Å². The molecule has 0 aliphatic carbocycles. The molecule has 8 heteroatoms. The molecule has 4 rings (SSSR count). The van der Waals surface area contributed by atoms with Crippen LogP contribution in [0.3, 0.4) is 0 Å². The molecule has 2 aromatic heterocycles. The topological polar surface area (TPSA) is 98.5 Å². The predicted molar refractivity (Wildman–Crippen MR) is 120 cm³/mol. The maximum atomic E-state index is 12.4. The van der Waals surface area contributed by atoms with Crippen molar-refractivity contribution in [3.05, 3.63) is 102 Å². The zero-order valence-corrected chi connectivity index (χ0v) is 17.8. The Bertz CT molecular complexity index is 1340. The van der Waals surface area contributed by atoms with Crippen LogP contribution >= 0.6 is 0 Å². The van der Waals surface area contributed by atoms with Crippen LogP contribution in [0.15, 0.2) is 94.6 Å². The lowest BCUT2D eigenvalue weighted by Gasteiger charge is -2.06. The summed E-state index contributed by atoms with van der Waals surface area (Å²) in [6.45, 7) is 0.172. The van der Waals surface area contributed by atoms with Gasteiger partial charge in [0.25, 0.3) is 0 Å². The van der Waals surface area contributed by atoms with Gasteiger partial charge in [-0.05, 0) is 42.0 Å². The van der Waals surface area contributed by atoms with E-state index in [2.05, 4.69) is 9.71 Å². The molecule has 0 saturated carbocycles. The highest BCUT2D eigenvalue weighted by Gasteiger charge is 2.14. The lowest BCUT2D eigenvalue weighted by molar-refractivity contribution is -0.138. The molecule has 0 fully saturated rings. The standard InChI is InChI=1S/C24H20N2O5S/c27-23(31-17-20-5-1-4-19-6-2-14-25-24(19)20)13-10-18-8-11-22(12-9-18)32(28,29)26-16-21-7-3-15-30-21/h1-15,26H,16-17H2/b13-10+. The largest absolute Gasteiger partial charge is 0.468 e. The summed E-state index contributed by atoms with van der Waals surface area (Å²) in [5.74, 6) is 0.0145. The summed E-state index contributed by atoms with van der Waals surface area (Å²) < 4.78 is 37.7. The zero-order valence-electron chi connectivity index (χ0n) is 17.0. The molecule has 0 atom stereocenters. The highest BCUT2D eigenvalue weighted by atomic mass is 32.2. The maximum Gasteiger partial charge on any atom is 0.331 e. The van der Waals surface area contributed by atoms with Crippen molar-refractivity contribution in [3.8, 4) is 0 Å². The van der Waals surface area contributed by atoms with Crippen LogP contribution in [-0.4, -0.2) is 19.4 Å². The fraction of sp³-hybridized carbons (Fsp3) is 0.0833. The maximum absolute atomic E-state index is 12.4. The van der Waals surface area contributed by atoms with Gasteiger partial charge in [0.05, 0.1) is 23.2 Å². The molecule has 2 aromatic carbocycles. The molecule has 32 heavy (non-hydrogen) atoms. The van der Waals surface area contributed by atoms with Gasteiger partial charge in [-0.2, -0.15) is 0 Å². The van der Waals surface area contributed by atoms with E-state index in [0.717, 1.165) is 16.5 Å². The molecule has 1 N–H and O–H groups in total. The minimum atomic E-state index is -3.67. The van der Waals surface area contributed by atoms with Crippen molar-refractivity contribution >= 4 is 33.0 Å². The number of esters is 1. The van der Waals surface area contributed by atoms with Gasteiger partial charge in [-0.1, -0.05) is 36.4 Å². The first-order valence-corrected chi connectivity index (χ1v) is 11.3. The Kier molecular flexibility index (Phi) is 6.44. The molecule has 0 amide bonds. The van der Waals surface area contributed by atoms with Crippen LogP contribution in [0.25, 0.3) is 17.0 Å². The minimum absolute atomic E-state index is 0.0645. The van der Waals surface area contributed by atoms with Gasteiger partial charge in [0.15, 0.2) is 0 Å². The summed E-state index contributed by atoms with van der Waals surface area (Å²) in [5.41, 5.74) is 2.28. The van der Waals surface area contributed by atoms with Crippen molar-refractivity contribution in [3.63, 3.8) is 0 Å². The van der Waals surface area contributed by atoms with E-state index < -0.39 is 16.0 Å². The third-order valence-electron chi connectivity index (χ3n) is 4.70. The van der Waals surface area contributed by atoms with Gasteiger partial charge in [-0.3, -0.25) is 4.98 Å². The number of carbonyl (C=O) groups is 1. The lowest BCUT2D eigenvalue weighted by atomic mass is 10.1.